The molecule has 1 N–H and O–H groups in total. The Labute approximate surface area is 98.7 Å². The summed E-state index contributed by atoms with van der Waals surface area (Å²) in [6.07, 6.45) is 5.06. The molecule has 0 aromatic heterocycles. The third-order valence-electron chi connectivity index (χ3n) is 2.66. The summed E-state index contributed by atoms with van der Waals surface area (Å²) < 4.78 is 5.57. The van der Waals surface area contributed by atoms with Crippen LogP contribution >= 0.6 is 0 Å². The zero-order chi connectivity index (χ0) is 11.8. The molecule has 1 saturated heterocycles. The maximum absolute atomic E-state index is 7.84. The minimum atomic E-state index is -0.111. The third kappa shape index (κ3) is 4.14. The molecule has 16 heavy (non-hydrogen) atoms. The molecule has 0 radical (unpaired) electrons. The Morgan fingerprint density at radius 2 is 2.06 bits per heavy atom. The van der Waals surface area contributed by atoms with Gasteiger partial charge < -0.3 is 9.64 Å². The lowest BCUT2D eigenvalue weighted by atomic mass is 10.2. The topological polar surface area (TPSA) is 36.3 Å². The van der Waals surface area contributed by atoms with Crippen LogP contribution in [0, 0.1) is 17.3 Å². The van der Waals surface area contributed by atoms with Crippen LogP contribution < -0.4 is 0 Å². The van der Waals surface area contributed by atoms with Gasteiger partial charge >= 0.3 is 0 Å². The number of nitrogens with one attached hydrogen (secondary N) is 1. The molecule has 1 fully saturated rings. The summed E-state index contributed by atoms with van der Waals surface area (Å²) in [5, 5.41) is 7.84. The molecule has 0 aromatic rings. The predicted octanol–water partition coefficient (Wildman–Crippen LogP) is 2.62. The largest absolute Gasteiger partial charge is 0.449 e. The highest BCUT2D eigenvalue weighted by Gasteiger charge is 2.18. The number of amidine groups is 1. The van der Waals surface area contributed by atoms with E-state index in [1.165, 1.54) is 12.8 Å². The van der Waals surface area contributed by atoms with Gasteiger partial charge in [0.2, 0.25) is 0 Å². The fourth-order valence-corrected chi connectivity index (χ4v) is 1.66. The van der Waals surface area contributed by atoms with Crippen LogP contribution in [0.25, 0.3) is 0 Å². The number of likely N-dealkylation sites (tertiary alicyclic amines) is 1. The Bertz CT molecular complexity index is 271. The van der Waals surface area contributed by atoms with Crippen LogP contribution in [-0.2, 0) is 4.74 Å². The van der Waals surface area contributed by atoms with Crippen LogP contribution in [-0.4, -0.2) is 30.1 Å². The van der Waals surface area contributed by atoms with Gasteiger partial charge in [0.25, 0.3) is 6.02 Å². The first-order valence-electron chi connectivity index (χ1n) is 6.26. The molecule has 0 spiro atoms. The minimum absolute atomic E-state index is 0.111. The van der Waals surface area contributed by atoms with Crippen molar-refractivity contribution in [2.24, 2.45) is 0 Å². The summed E-state index contributed by atoms with van der Waals surface area (Å²) in [5.41, 5.74) is 0. The van der Waals surface area contributed by atoms with Crippen LogP contribution in [0.1, 0.15) is 46.0 Å². The second kappa shape index (κ2) is 7.16. The molecule has 3 heteroatoms. The van der Waals surface area contributed by atoms with Crippen molar-refractivity contribution in [3.8, 4) is 11.8 Å². The molecule has 0 saturated carbocycles. The number of unbranched alkanes of at least 4 members (excludes halogenated alkanes) is 1. The molecule has 0 bridgehead atoms. The first-order valence-corrected chi connectivity index (χ1v) is 6.26. The lowest BCUT2D eigenvalue weighted by Gasteiger charge is -2.20. The predicted molar refractivity (Wildman–Crippen MR) is 66.4 cm³/mol. The number of hydrogen-bond donors (Lipinski definition) is 1. The molecule has 1 rings (SSSR count). The van der Waals surface area contributed by atoms with Gasteiger partial charge in [-0.2, -0.15) is 0 Å². The van der Waals surface area contributed by atoms with E-state index in [9.17, 15) is 0 Å². The standard InChI is InChI=1S/C13H22N2O/c1-3-5-6-9-12(4-2)16-13(14)15-10-7-8-11-15/h12,14H,3-5,7-8,10-11H2,1-2H3. The van der Waals surface area contributed by atoms with Gasteiger partial charge in [0.05, 0.1) is 0 Å². The molecule has 0 amide bonds. The fraction of sp³-hybridized carbons (Fsp3) is 0.769. The van der Waals surface area contributed by atoms with Crippen molar-refractivity contribution in [1.82, 2.24) is 4.90 Å². The van der Waals surface area contributed by atoms with Crippen molar-refractivity contribution in [3.63, 3.8) is 0 Å². The van der Waals surface area contributed by atoms with E-state index >= 15 is 0 Å². The lowest BCUT2D eigenvalue weighted by Crippen LogP contribution is -2.32. The Kier molecular flexibility index (Phi) is 5.77. The van der Waals surface area contributed by atoms with Crippen molar-refractivity contribution in [3.05, 3.63) is 0 Å². The van der Waals surface area contributed by atoms with E-state index in [0.717, 1.165) is 32.4 Å². The highest BCUT2D eigenvalue weighted by molar-refractivity contribution is 5.71. The molecule has 0 aromatic carbocycles. The summed E-state index contributed by atoms with van der Waals surface area (Å²) in [6.45, 7) is 6.07. The number of hydrogen-bond acceptors (Lipinski definition) is 2. The highest BCUT2D eigenvalue weighted by Crippen LogP contribution is 2.10. The van der Waals surface area contributed by atoms with Crippen LogP contribution in [0.2, 0.25) is 0 Å². The van der Waals surface area contributed by atoms with Crippen molar-refractivity contribution >= 4 is 6.02 Å². The minimum Gasteiger partial charge on any atom is -0.449 e. The average Bonchev–Trinajstić information content (AvgIpc) is 2.81. The maximum atomic E-state index is 7.84. The van der Waals surface area contributed by atoms with Gasteiger partial charge in [-0.3, -0.25) is 5.41 Å². The quantitative estimate of drug-likeness (QED) is 0.453. The Balaban J connectivity index is 2.37. The van der Waals surface area contributed by atoms with E-state index in [2.05, 4.69) is 18.8 Å². The summed E-state index contributed by atoms with van der Waals surface area (Å²) in [5.74, 6) is 6.18. The average molecular weight is 222 g/mol. The summed E-state index contributed by atoms with van der Waals surface area (Å²) in [6, 6.07) is 0.301. The number of rotatable bonds is 3. The molecule has 1 unspecified atom stereocenters. The zero-order valence-electron chi connectivity index (χ0n) is 10.4. The Hall–Kier alpha value is -1.17. The second-order valence-electron chi connectivity index (χ2n) is 4.09. The van der Waals surface area contributed by atoms with E-state index in [1.54, 1.807) is 0 Å². The van der Waals surface area contributed by atoms with Gasteiger partial charge in [0.15, 0.2) is 6.10 Å². The van der Waals surface area contributed by atoms with Gasteiger partial charge in [-0.25, -0.2) is 0 Å². The summed E-state index contributed by atoms with van der Waals surface area (Å²) in [7, 11) is 0. The van der Waals surface area contributed by atoms with E-state index in [0.29, 0.717) is 6.02 Å². The van der Waals surface area contributed by atoms with Gasteiger partial charge in [-0.05, 0) is 25.7 Å². The molecule has 1 heterocycles. The molecule has 90 valence electrons. The smallest absolute Gasteiger partial charge is 0.285 e. The monoisotopic (exact) mass is 222 g/mol. The van der Waals surface area contributed by atoms with Crippen LogP contribution in [0.15, 0.2) is 0 Å². The molecule has 3 nitrogen and oxygen atoms in total. The van der Waals surface area contributed by atoms with Crippen LogP contribution in [0.5, 0.6) is 0 Å². The van der Waals surface area contributed by atoms with Crippen LogP contribution in [0.3, 0.4) is 0 Å². The van der Waals surface area contributed by atoms with Crippen LogP contribution in [0.4, 0.5) is 0 Å². The van der Waals surface area contributed by atoms with Gasteiger partial charge in [0, 0.05) is 19.5 Å². The van der Waals surface area contributed by atoms with E-state index in [-0.39, 0.29) is 6.10 Å². The molecule has 1 aliphatic rings. The van der Waals surface area contributed by atoms with Gasteiger partial charge in [-0.1, -0.05) is 25.7 Å². The maximum Gasteiger partial charge on any atom is 0.285 e. The van der Waals surface area contributed by atoms with Crippen molar-refractivity contribution in [1.29, 1.82) is 5.41 Å². The molecule has 1 aliphatic heterocycles. The first kappa shape index (κ1) is 12.9. The van der Waals surface area contributed by atoms with E-state index in [1.807, 2.05) is 11.8 Å². The molecule has 0 aliphatic carbocycles. The molecular formula is C13H22N2O. The van der Waals surface area contributed by atoms with Gasteiger partial charge in [0.1, 0.15) is 0 Å². The van der Waals surface area contributed by atoms with Gasteiger partial charge in [-0.15, -0.1) is 0 Å². The van der Waals surface area contributed by atoms with Crippen molar-refractivity contribution in [2.45, 2.75) is 52.1 Å². The van der Waals surface area contributed by atoms with E-state index in [4.69, 9.17) is 10.1 Å². The molecular weight excluding hydrogens is 200 g/mol. The molecule has 1 atom stereocenters. The Morgan fingerprint density at radius 1 is 1.38 bits per heavy atom. The summed E-state index contributed by atoms with van der Waals surface area (Å²) in [4.78, 5) is 1.99. The van der Waals surface area contributed by atoms with Crippen molar-refractivity contribution in [2.75, 3.05) is 13.1 Å². The number of nitrogens with zero attached hydrogens (tertiary/aromatic N) is 1. The Morgan fingerprint density at radius 3 is 2.62 bits per heavy atom. The third-order valence-corrected chi connectivity index (χ3v) is 2.66. The number of ether oxygens (including phenoxy) is 1. The second-order valence-corrected chi connectivity index (χ2v) is 4.09. The highest BCUT2D eigenvalue weighted by atomic mass is 16.5. The van der Waals surface area contributed by atoms with E-state index < -0.39 is 0 Å². The fourth-order valence-electron chi connectivity index (χ4n) is 1.66. The SMILES string of the molecule is CCCC#CC(CC)OC(=N)N1CCCC1. The normalized spacial score (nSPS) is 16.5. The first-order chi connectivity index (χ1) is 7.77. The van der Waals surface area contributed by atoms with Crippen molar-refractivity contribution < 1.29 is 4.74 Å². The zero-order valence-corrected chi connectivity index (χ0v) is 10.4. The summed E-state index contributed by atoms with van der Waals surface area (Å²) >= 11 is 0. The lowest BCUT2D eigenvalue weighted by molar-refractivity contribution is 0.193.